The molecule has 5 aromatic rings. The highest BCUT2D eigenvalue weighted by molar-refractivity contribution is 6.39. The first-order valence-electron chi connectivity index (χ1n) is 16.2. The van der Waals surface area contributed by atoms with Gasteiger partial charge in [0.25, 0.3) is 5.56 Å². The summed E-state index contributed by atoms with van der Waals surface area (Å²) < 4.78 is 7.16. The zero-order valence-corrected chi connectivity index (χ0v) is 29.0. The van der Waals surface area contributed by atoms with Gasteiger partial charge in [-0.1, -0.05) is 65.7 Å². The highest BCUT2D eigenvalue weighted by Crippen LogP contribution is 2.42. The lowest BCUT2D eigenvalue weighted by atomic mass is 9.97. The van der Waals surface area contributed by atoms with Gasteiger partial charge < -0.3 is 25.8 Å². The van der Waals surface area contributed by atoms with Gasteiger partial charge in [-0.3, -0.25) is 14.0 Å². The first-order chi connectivity index (χ1) is 23.6. The van der Waals surface area contributed by atoms with E-state index in [2.05, 4.69) is 16.0 Å². The maximum Gasteiger partial charge on any atom is 0.261 e. The number of benzene rings is 2. The highest BCUT2D eigenvalue weighted by atomic mass is 35.5. The van der Waals surface area contributed by atoms with Crippen LogP contribution in [0.4, 0.5) is 0 Å². The van der Waals surface area contributed by atoms with Gasteiger partial charge in [-0.15, -0.1) is 0 Å². The SMILES string of the molecule is COc1nc(-c2cccc(-c3cccc(-c4ccn5c(=O)c(C)c(CNCC(C)O)nc5c4)c3Cl)c2Cl)ccc1CNCC1CCC(=O)N1. The van der Waals surface area contributed by atoms with Crippen LogP contribution in [0.2, 0.25) is 10.0 Å². The van der Waals surface area contributed by atoms with Crippen molar-refractivity contribution in [1.82, 2.24) is 30.3 Å². The van der Waals surface area contributed by atoms with E-state index in [4.69, 9.17) is 37.9 Å². The number of aliphatic hydroxyl groups is 1. The average Bonchev–Trinajstić information content (AvgIpc) is 3.51. The number of amides is 1. The number of hydrogen-bond donors (Lipinski definition) is 4. The van der Waals surface area contributed by atoms with Gasteiger partial charge in [-0.2, -0.15) is 0 Å². The van der Waals surface area contributed by atoms with Crippen LogP contribution in [-0.2, 0) is 17.9 Å². The Bertz CT molecular complexity index is 2080. The predicted octanol–water partition coefficient (Wildman–Crippen LogP) is 5.55. The molecule has 0 bridgehead atoms. The Kier molecular flexibility index (Phi) is 10.6. The molecule has 4 heterocycles. The zero-order valence-electron chi connectivity index (χ0n) is 27.5. The molecule has 0 saturated carbocycles. The van der Waals surface area contributed by atoms with Crippen molar-refractivity contribution < 1.29 is 14.6 Å². The summed E-state index contributed by atoms with van der Waals surface area (Å²) in [5, 5.41) is 20.1. The van der Waals surface area contributed by atoms with Crippen molar-refractivity contribution in [2.24, 2.45) is 0 Å². The number of nitrogens with zero attached hydrogens (tertiary/aromatic N) is 3. The summed E-state index contributed by atoms with van der Waals surface area (Å²) in [5.74, 6) is 0.581. The third-order valence-electron chi connectivity index (χ3n) is 8.69. The standard InChI is InChI=1S/C37H38Cl2N6O4/c1-21(46)17-40-20-31-22(2)37(48)45-15-14-23(16-32(45)43-31)26-6-4-7-27(34(26)38)28-8-5-9-29(35(28)39)30-12-10-24(36(44-30)49-3)18-41-19-25-11-13-33(47)42-25/h4-10,12,14-16,21,25,40-41,46H,11,13,17-20H2,1-3H3,(H,42,47). The summed E-state index contributed by atoms with van der Waals surface area (Å²) in [5.41, 5.74) is 6.84. The molecular formula is C37H38Cl2N6O4. The summed E-state index contributed by atoms with van der Waals surface area (Å²) in [6.07, 6.45) is 2.59. The van der Waals surface area contributed by atoms with Crippen molar-refractivity contribution in [3.8, 4) is 39.4 Å². The third-order valence-corrected chi connectivity index (χ3v) is 9.50. The van der Waals surface area contributed by atoms with Crippen molar-refractivity contribution in [2.45, 2.75) is 51.9 Å². The normalized spacial score (nSPS) is 15.1. The average molecular weight is 702 g/mol. The highest BCUT2D eigenvalue weighted by Gasteiger charge is 2.21. The van der Waals surface area contributed by atoms with Gasteiger partial charge in [0, 0.05) is 78.2 Å². The molecule has 1 saturated heterocycles. The molecule has 0 radical (unpaired) electrons. The van der Waals surface area contributed by atoms with Crippen molar-refractivity contribution in [3.63, 3.8) is 0 Å². The van der Waals surface area contributed by atoms with E-state index in [1.165, 1.54) is 4.40 Å². The lowest BCUT2D eigenvalue weighted by Crippen LogP contribution is -2.35. The first kappa shape index (κ1) is 34.5. The molecule has 2 aromatic carbocycles. The quantitative estimate of drug-likeness (QED) is 0.133. The van der Waals surface area contributed by atoms with Gasteiger partial charge in [0.05, 0.1) is 34.6 Å². The van der Waals surface area contributed by atoms with Crippen LogP contribution in [0.5, 0.6) is 5.88 Å². The largest absolute Gasteiger partial charge is 0.481 e. The van der Waals surface area contributed by atoms with E-state index in [9.17, 15) is 14.7 Å². The number of aromatic nitrogens is 3. The Balaban J connectivity index is 1.28. The van der Waals surface area contributed by atoms with E-state index in [1.807, 2.05) is 60.7 Å². The van der Waals surface area contributed by atoms with Gasteiger partial charge in [0.1, 0.15) is 5.65 Å². The minimum atomic E-state index is -0.510. The molecule has 1 amide bonds. The molecule has 3 aromatic heterocycles. The Morgan fingerprint density at radius 3 is 2.39 bits per heavy atom. The molecule has 4 N–H and O–H groups in total. The molecule has 0 aliphatic carbocycles. The summed E-state index contributed by atoms with van der Waals surface area (Å²) in [6.45, 7) is 5.41. The monoisotopic (exact) mass is 700 g/mol. The molecule has 0 spiro atoms. The van der Waals surface area contributed by atoms with Crippen LogP contribution < -0.4 is 26.2 Å². The Hall–Kier alpha value is -4.32. The van der Waals surface area contributed by atoms with Gasteiger partial charge in [-0.25, -0.2) is 9.97 Å². The number of hydrogen-bond acceptors (Lipinski definition) is 8. The third kappa shape index (κ3) is 7.49. The molecule has 49 heavy (non-hydrogen) atoms. The summed E-state index contributed by atoms with van der Waals surface area (Å²) in [7, 11) is 1.59. The number of aliphatic hydroxyl groups excluding tert-OH is 1. The van der Waals surface area contributed by atoms with E-state index in [0.717, 1.165) is 39.8 Å². The fraction of sp³-hybridized carbons (Fsp3) is 0.297. The number of nitrogens with one attached hydrogen (secondary N) is 3. The predicted molar refractivity (Wildman–Crippen MR) is 193 cm³/mol. The summed E-state index contributed by atoms with van der Waals surface area (Å²) in [6, 6.07) is 19.2. The van der Waals surface area contributed by atoms with Gasteiger partial charge in [0.15, 0.2) is 0 Å². The lowest BCUT2D eigenvalue weighted by molar-refractivity contribution is -0.119. The molecule has 6 rings (SSSR count). The molecule has 2 atom stereocenters. The van der Waals surface area contributed by atoms with Gasteiger partial charge in [0.2, 0.25) is 11.8 Å². The van der Waals surface area contributed by atoms with Crippen molar-refractivity contribution in [2.75, 3.05) is 20.2 Å². The number of methoxy groups -OCH3 is 1. The second-order valence-corrected chi connectivity index (χ2v) is 13.0. The summed E-state index contributed by atoms with van der Waals surface area (Å²) >= 11 is 14.2. The van der Waals surface area contributed by atoms with Gasteiger partial charge in [-0.05, 0) is 44.0 Å². The fourth-order valence-corrected chi connectivity index (χ4v) is 6.72. The number of ether oxygens (including phenoxy) is 1. The van der Waals surface area contributed by atoms with E-state index < -0.39 is 6.10 Å². The van der Waals surface area contributed by atoms with Crippen LogP contribution in [0.15, 0.2) is 71.7 Å². The molecule has 12 heteroatoms. The number of halogens is 2. The zero-order chi connectivity index (χ0) is 34.7. The Morgan fingerprint density at radius 2 is 1.69 bits per heavy atom. The second-order valence-electron chi connectivity index (χ2n) is 12.2. The number of pyridine rings is 2. The summed E-state index contributed by atoms with van der Waals surface area (Å²) in [4.78, 5) is 34.2. The van der Waals surface area contributed by atoms with Gasteiger partial charge >= 0.3 is 0 Å². The molecule has 254 valence electrons. The smallest absolute Gasteiger partial charge is 0.261 e. The fourth-order valence-electron chi connectivity index (χ4n) is 6.05. The number of carbonyl (C=O) groups is 1. The molecular weight excluding hydrogens is 663 g/mol. The van der Waals surface area contributed by atoms with Crippen LogP contribution in [0.3, 0.4) is 0 Å². The maximum atomic E-state index is 13.1. The van der Waals surface area contributed by atoms with Crippen LogP contribution in [0, 0.1) is 6.92 Å². The first-order valence-corrected chi connectivity index (χ1v) is 16.9. The molecule has 1 fully saturated rings. The van der Waals surface area contributed by atoms with Crippen LogP contribution in [0.25, 0.3) is 39.2 Å². The molecule has 1 aliphatic heterocycles. The van der Waals surface area contributed by atoms with Crippen LogP contribution >= 0.6 is 23.2 Å². The minimum Gasteiger partial charge on any atom is -0.481 e. The number of fused-ring (bicyclic) bond motifs is 1. The second kappa shape index (κ2) is 15.1. The topological polar surface area (TPSA) is 130 Å². The van der Waals surface area contributed by atoms with Crippen molar-refractivity contribution in [1.29, 1.82) is 0 Å². The lowest BCUT2D eigenvalue weighted by Gasteiger charge is -2.16. The van der Waals surface area contributed by atoms with Crippen molar-refractivity contribution >= 4 is 34.8 Å². The maximum absolute atomic E-state index is 13.1. The number of carbonyl (C=O) groups excluding carboxylic acids is 1. The Labute approximate surface area is 294 Å². The van der Waals surface area contributed by atoms with E-state index in [-0.39, 0.29) is 17.5 Å². The van der Waals surface area contributed by atoms with Crippen LogP contribution in [0.1, 0.15) is 36.6 Å². The van der Waals surface area contributed by atoms with E-state index in [1.54, 1.807) is 27.2 Å². The number of rotatable bonds is 12. The Morgan fingerprint density at radius 1 is 0.980 bits per heavy atom. The van der Waals surface area contributed by atoms with Crippen LogP contribution in [-0.4, -0.2) is 57.7 Å². The van der Waals surface area contributed by atoms with Crippen molar-refractivity contribution in [3.05, 3.63) is 104 Å². The minimum absolute atomic E-state index is 0.0921. The van der Waals surface area contributed by atoms with E-state index in [0.29, 0.717) is 71.1 Å². The molecule has 2 unspecified atom stereocenters. The molecule has 1 aliphatic rings. The van der Waals surface area contributed by atoms with E-state index >= 15 is 0 Å². The molecule has 10 nitrogen and oxygen atoms in total.